The summed E-state index contributed by atoms with van der Waals surface area (Å²) in [5.74, 6) is -0.147. The molecule has 1 aromatic carbocycles. The Morgan fingerprint density at radius 3 is 2.67 bits per heavy atom. The number of carbonyl (C=O) groups is 1. The van der Waals surface area contributed by atoms with Crippen molar-refractivity contribution in [2.75, 3.05) is 32.5 Å². The predicted molar refractivity (Wildman–Crippen MR) is 98.5 cm³/mol. The number of hydrogen-bond acceptors (Lipinski definition) is 4. The number of anilines is 1. The minimum Gasteiger partial charge on any atom is -0.380 e. The molecule has 0 bridgehead atoms. The van der Waals surface area contributed by atoms with E-state index in [1.807, 2.05) is 44.4 Å². The molecule has 5 nitrogen and oxygen atoms in total. The number of pyridine rings is 1. The molecule has 24 heavy (non-hydrogen) atoms. The van der Waals surface area contributed by atoms with Crippen LogP contribution < -0.4 is 10.6 Å². The van der Waals surface area contributed by atoms with E-state index in [9.17, 15) is 4.79 Å². The lowest BCUT2D eigenvalue weighted by atomic mass is 10.2. The van der Waals surface area contributed by atoms with Crippen LogP contribution in [-0.4, -0.2) is 43.0 Å². The van der Waals surface area contributed by atoms with Gasteiger partial charge in [0.15, 0.2) is 0 Å². The Hall–Kier alpha value is -2.11. The summed E-state index contributed by atoms with van der Waals surface area (Å²) in [6, 6.07) is 11.2. The van der Waals surface area contributed by atoms with Gasteiger partial charge >= 0.3 is 0 Å². The average molecular weight is 347 g/mol. The maximum Gasteiger partial charge on any atom is 0.269 e. The van der Waals surface area contributed by atoms with Crippen LogP contribution >= 0.6 is 11.6 Å². The van der Waals surface area contributed by atoms with Crippen LogP contribution in [0.1, 0.15) is 22.5 Å². The lowest BCUT2D eigenvalue weighted by Crippen LogP contribution is -2.27. The van der Waals surface area contributed by atoms with E-state index < -0.39 is 0 Å². The van der Waals surface area contributed by atoms with Crippen molar-refractivity contribution in [1.29, 1.82) is 0 Å². The molecule has 0 atom stereocenters. The molecule has 1 heterocycles. The molecule has 0 saturated carbocycles. The Morgan fingerprint density at radius 2 is 2.00 bits per heavy atom. The number of amides is 1. The molecular weight excluding hydrogens is 324 g/mol. The number of nitrogens with zero attached hydrogens (tertiary/aromatic N) is 2. The number of carbonyl (C=O) groups excluding carboxylic acids is 1. The Morgan fingerprint density at radius 1 is 1.21 bits per heavy atom. The summed E-state index contributed by atoms with van der Waals surface area (Å²) >= 11 is 6.13. The summed E-state index contributed by atoms with van der Waals surface area (Å²) in [5, 5.41) is 6.85. The lowest BCUT2D eigenvalue weighted by Gasteiger charge is -2.10. The molecule has 0 saturated heterocycles. The van der Waals surface area contributed by atoms with Crippen molar-refractivity contribution in [3.05, 3.63) is 58.9 Å². The molecule has 0 spiro atoms. The summed E-state index contributed by atoms with van der Waals surface area (Å²) in [6.07, 6.45) is 2.57. The Labute approximate surface area is 148 Å². The van der Waals surface area contributed by atoms with Gasteiger partial charge in [0, 0.05) is 18.1 Å². The first-order valence-corrected chi connectivity index (χ1v) is 8.30. The van der Waals surface area contributed by atoms with Crippen LogP contribution in [0.5, 0.6) is 0 Å². The zero-order chi connectivity index (χ0) is 17.4. The maximum absolute atomic E-state index is 12.0. The number of nitrogens with one attached hydrogen (secondary N) is 2. The van der Waals surface area contributed by atoms with Crippen LogP contribution in [-0.2, 0) is 6.54 Å². The van der Waals surface area contributed by atoms with Gasteiger partial charge in [0.05, 0.1) is 11.9 Å². The Bertz CT molecular complexity index is 658. The third kappa shape index (κ3) is 5.83. The van der Waals surface area contributed by atoms with Crippen molar-refractivity contribution in [3.63, 3.8) is 0 Å². The summed E-state index contributed by atoms with van der Waals surface area (Å²) in [7, 11) is 4.02. The second-order valence-corrected chi connectivity index (χ2v) is 6.20. The lowest BCUT2D eigenvalue weighted by molar-refractivity contribution is 0.0947. The van der Waals surface area contributed by atoms with Crippen LogP contribution in [0.15, 0.2) is 42.6 Å². The van der Waals surface area contributed by atoms with Crippen molar-refractivity contribution in [2.24, 2.45) is 0 Å². The third-order valence-corrected chi connectivity index (χ3v) is 3.87. The average Bonchev–Trinajstić information content (AvgIpc) is 2.58. The van der Waals surface area contributed by atoms with E-state index >= 15 is 0 Å². The molecule has 1 amide bonds. The fourth-order valence-corrected chi connectivity index (χ4v) is 2.36. The summed E-state index contributed by atoms with van der Waals surface area (Å²) in [6.45, 7) is 2.20. The van der Waals surface area contributed by atoms with Gasteiger partial charge in [0.2, 0.25) is 0 Å². The van der Waals surface area contributed by atoms with Crippen LogP contribution in [0.3, 0.4) is 0 Å². The van der Waals surface area contributed by atoms with E-state index in [2.05, 4.69) is 20.5 Å². The van der Waals surface area contributed by atoms with E-state index in [4.69, 9.17) is 11.6 Å². The molecule has 2 N–H and O–H groups in total. The van der Waals surface area contributed by atoms with E-state index in [-0.39, 0.29) is 5.91 Å². The van der Waals surface area contributed by atoms with Gasteiger partial charge < -0.3 is 15.5 Å². The number of hydrogen-bond donors (Lipinski definition) is 2. The van der Waals surface area contributed by atoms with Gasteiger partial charge in [-0.2, -0.15) is 0 Å². The van der Waals surface area contributed by atoms with Gasteiger partial charge in [-0.1, -0.05) is 29.8 Å². The highest BCUT2D eigenvalue weighted by molar-refractivity contribution is 6.31. The smallest absolute Gasteiger partial charge is 0.269 e. The molecule has 1 aromatic heterocycles. The highest BCUT2D eigenvalue weighted by Gasteiger charge is 2.06. The monoisotopic (exact) mass is 346 g/mol. The first-order chi connectivity index (χ1) is 11.6. The molecule has 2 aromatic rings. The molecule has 0 fully saturated rings. The van der Waals surface area contributed by atoms with Crippen LogP contribution in [0.25, 0.3) is 0 Å². The summed E-state index contributed by atoms with van der Waals surface area (Å²) < 4.78 is 0. The first kappa shape index (κ1) is 18.2. The summed E-state index contributed by atoms with van der Waals surface area (Å²) in [4.78, 5) is 18.3. The quantitative estimate of drug-likeness (QED) is 0.721. The van der Waals surface area contributed by atoms with E-state index in [1.54, 1.807) is 12.3 Å². The molecule has 2 rings (SSSR count). The molecule has 0 aliphatic heterocycles. The number of rotatable bonds is 8. The van der Waals surface area contributed by atoms with Crippen molar-refractivity contribution < 1.29 is 4.79 Å². The highest BCUT2D eigenvalue weighted by atomic mass is 35.5. The molecule has 128 valence electrons. The van der Waals surface area contributed by atoms with Gasteiger partial charge in [-0.05, 0) is 50.8 Å². The molecule has 0 aliphatic carbocycles. The normalized spacial score (nSPS) is 10.7. The fourth-order valence-electron chi connectivity index (χ4n) is 2.16. The number of halogens is 1. The third-order valence-electron chi connectivity index (χ3n) is 3.50. The van der Waals surface area contributed by atoms with Gasteiger partial charge in [0.25, 0.3) is 5.91 Å². The SMILES string of the molecule is CN(C)CCCNC(=O)c1ccc(NCc2ccccc2Cl)cn1. The standard InChI is InChI=1S/C18H23ClN4O/c1-23(2)11-5-10-20-18(24)17-9-8-15(13-22-17)21-12-14-6-3-4-7-16(14)19/h3-4,6-9,13,21H,5,10-12H2,1-2H3,(H,20,24). The van der Waals surface area contributed by atoms with Gasteiger partial charge in [-0.25, -0.2) is 4.98 Å². The Kier molecular flexibility index (Phi) is 7.03. The predicted octanol–water partition coefficient (Wildman–Crippen LogP) is 3.03. The first-order valence-electron chi connectivity index (χ1n) is 7.92. The van der Waals surface area contributed by atoms with E-state index in [1.165, 1.54) is 0 Å². The van der Waals surface area contributed by atoms with E-state index in [0.29, 0.717) is 18.8 Å². The topological polar surface area (TPSA) is 57.3 Å². The van der Waals surface area contributed by atoms with Crippen LogP contribution in [0.2, 0.25) is 5.02 Å². The van der Waals surface area contributed by atoms with Gasteiger partial charge in [-0.3, -0.25) is 4.79 Å². The van der Waals surface area contributed by atoms with Crippen molar-refractivity contribution in [2.45, 2.75) is 13.0 Å². The minimum absolute atomic E-state index is 0.147. The fraction of sp³-hybridized carbons (Fsp3) is 0.333. The van der Waals surface area contributed by atoms with Gasteiger partial charge in [-0.15, -0.1) is 0 Å². The van der Waals surface area contributed by atoms with Crippen molar-refractivity contribution >= 4 is 23.2 Å². The molecule has 0 radical (unpaired) electrons. The second kappa shape index (κ2) is 9.25. The summed E-state index contributed by atoms with van der Waals surface area (Å²) in [5.41, 5.74) is 2.28. The zero-order valence-corrected chi connectivity index (χ0v) is 14.8. The van der Waals surface area contributed by atoms with E-state index in [0.717, 1.165) is 29.2 Å². The minimum atomic E-state index is -0.147. The van der Waals surface area contributed by atoms with Gasteiger partial charge in [0.1, 0.15) is 5.69 Å². The zero-order valence-electron chi connectivity index (χ0n) is 14.1. The van der Waals surface area contributed by atoms with Crippen molar-refractivity contribution in [3.8, 4) is 0 Å². The van der Waals surface area contributed by atoms with Crippen LogP contribution in [0, 0.1) is 0 Å². The largest absolute Gasteiger partial charge is 0.380 e. The molecule has 0 unspecified atom stereocenters. The van der Waals surface area contributed by atoms with Crippen LogP contribution in [0.4, 0.5) is 5.69 Å². The molecule has 6 heteroatoms. The molecular formula is C18H23ClN4O. The second-order valence-electron chi connectivity index (χ2n) is 5.79. The maximum atomic E-state index is 12.0. The van der Waals surface area contributed by atoms with Crippen molar-refractivity contribution in [1.82, 2.24) is 15.2 Å². The molecule has 0 aliphatic rings. The Balaban J connectivity index is 1.82. The highest BCUT2D eigenvalue weighted by Crippen LogP contribution is 2.16. The number of benzene rings is 1. The number of aromatic nitrogens is 1.